The summed E-state index contributed by atoms with van der Waals surface area (Å²) in [6, 6.07) is 0. The van der Waals surface area contributed by atoms with Crippen molar-refractivity contribution in [1.82, 2.24) is 0 Å². The largest absolute Gasteiger partial charge is 0.394 e. The van der Waals surface area contributed by atoms with Crippen LogP contribution in [0.1, 0.15) is 13.8 Å². The molecule has 0 aliphatic carbocycles. The fraction of sp³-hybridized carbons (Fsp3) is 1.00. The van der Waals surface area contributed by atoms with E-state index in [-0.39, 0.29) is 12.7 Å². The third-order valence-corrected chi connectivity index (χ3v) is 1.27. The molecule has 0 aromatic rings. The molecule has 0 saturated carbocycles. The molecule has 0 spiro atoms. The van der Waals surface area contributed by atoms with Gasteiger partial charge in [-0.05, 0) is 13.8 Å². The van der Waals surface area contributed by atoms with Crippen LogP contribution < -0.4 is 0 Å². The maximum Gasteiger partial charge on any atom is 0.163 e. The quantitative estimate of drug-likeness (QED) is 0.517. The van der Waals surface area contributed by atoms with Gasteiger partial charge in [-0.25, -0.2) is 0 Å². The first-order chi connectivity index (χ1) is 4.14. The molecule has 1 aliphatic heterocycles. The Kier molecular flexibility index (Phi) is 1.75. The van der Waals surface area contributed by atoms with E-state index in [1.165, 1.54) is 0 Å². The highest BCUT2D eigenvalue weighted by atomic mass is 16.8. The molecule has 1 fully saturated rings. The summed E-state index contributed by atoms with van der Waals surface area (Å²) in [5.74, 6) is -0.493. The number of ether oxygens (including phenoxy) is 2. The van der Waals surface area contributed by atoms with Gasteiger partial charge in [0, 0.05) is 0 Å². The Bertz CT molecular complexity index is 100. The van der Waals surface area contributed by atoms with E-state index in [1.54, 1.807) is 0 Å². The summed E-state index contributed by atoms with van der Waals surface area (Å²) in [6.45, 7) is 4.22. The summed E-state index contributed by atoms with van der Waals surface area (Å²) in [5.41, 5.74) is 0. The Morgan fingerprint density at radius 2 is 2.33 bits per heavy atom. The normalized spacial score (nSPS) is 33.0. The van der Waals surface area contributed by atoms with Gasteiger partial charge >= 0.3 is 0 Å². The molecule has 0 radical (unpaired) electrons. The SMILES string of the molecule is CC1(C)O[13CH2][C@H](CO)O1. The average molecular weight is 133 g/mol. The molecule has 1 saturated heterocycles. The maximum atomic E-state index is 8.59. The van der Waals surface area contributed by atoms with E-state index in [2.05, 4.69) is 0 Å². The smallest absolute Gasteiger partial charge is 0.163 e. The van der Waals surface area contributed by atoms with Crippen molar-refractivity contribution in [2.24, 2.45) is 0 Å². The summed E-state index contributed by atoms with van der Waals surface area (Å²) >= 11 is 0. The van der Waals surface area contributed by atoms with Gasteiger partial charge in [0.1, 0.15) is 6.10 Å². The van der Waals surface area contributed by atoms with Gasteiger partial charge in [0.15, 0.2) is 5.79 Å². The highest BCUT2D eigenvalue weighted by Crippen LogP contribution is 2.21. The summed E-state index contributed by atoms with van der Waals surface area (Å²) in [4.78, 5) is 0. The summed E-state index contributed by atoms with van der Waals surface area (Å²) in [6.07, 6.45) is -0.125. The van der Waals surface area contributed by atoms with Gasteiger partial charge in [0.25, 0.3) is 0 Å². The predicted molar refractivity (Wildman–Crippen MR) is 32.0 cm³/mol. The molecule has 1 N–H and O–H groups in total. The summed E-state index contributed by atoms with van der Waals surface area (Å²) < 4.78 is 10.4. The van der Waals surface area contributed by atoms with E-state index in [9.17, 15) is 0 Å². The predicted octanol–water partition coefficient (Wildman–Crippen LogP) is 0.130. The molecule has 1 aliphatic rings. The Morgan fingerprint density at radius 1 is 1.67 bits per heavy atom. The van der Waals surface area contributed by atoms with Crippen LogP contribution in [0, 0.1) is 0 Å². The Hall–Kier alpha value is -0.120. The molecular weight excluding hydrogens is 121 g/mol. The molecule has 1 rings (SSSR count). The van der Waals surface area contributed by atoms with Gasteiger partial charge in [-0.1, -0.05) is 0 Å². The molecule has 9 heavy (non-hydrogen) atoms. The van der Waals surface area contributed by atoms with Crippen molar-refractivity contribution in [3.05, 3.63) is 0 Å². The zero-order chi connectivity index (χ0) is 6.91. The van der Waals surface area contributed by atoms with Crippen LogP contribution in [0.2, 0.25) is 0 Å². The second kappa shape index (κ2) is 2.25. The fourth-order valence-corrected chi connectivity index (χ4v) is 0.853. The van der Waals surface area contributed by atoms with Crippen LogP contribution in [-0.2, 0) is 9.47 Å². The monoisotopic (exact) mass is 133 g/mol. The lowest BCUT2D eigenvalue weighted by atomic mass is 10.4. The van der Waals surface area contributed by atoms with Crippen molar-refractivity contribution >= 4 is 0 Å². The van der Waals surface area contributed by atoms with E-state index >= 15 is 0 Å². The van der Waals surface area contributed by atoms with Crippen molar-refractivity contribution < 1.29 is 14.6 Å². The van der Waals surface area contributed by atoms with Crippen LogP contribution in [0.25, 0.3) is 0 Å². The minimum atomic E-state index is -0.493. The molecule has 54 valence electrons. The average Bonchev–Trinajstić information content (AvgIpc) is 2.10. The fourth-order valence-electron chi connectivity index (χ4n) is 0.853. The minimum absolute atomic E-state index is 0.0451. The second-order valence-corrected chi connectivity index (χ2v) is 2.63. The van der Waals surface area contributed by atoms with E-state index in [0.717, 1.165) is 0 Å². The number of aliphatic hydroxyl groups excluding tert-OH is 1. The minimum Gasteiger partial charge on any atom is -0.394 e. The van der Waals surface area contributed by atoms with E-state index < -0.39 is 5.79 Å². The van der Waals surface area contributed by atoms with Crippen LogP contribution in [0.5, 0.6) is 0 Å². The van der Waals surface area contributed by atoms with Crippen molar-refractivity contribution in [1.29, 1.82) is 0 Å². The zero-order valence-corrected chi connectivity index (χ0v) is 5.76. The highest BCUT2D eigenvalue weighted by Gasteiger charge is 2.31. The van der Waals surface area contributed by atoms with Crippen LogP contribution in [0.4, 0.5) is 0 Å². The van der Waals surface area contributed by atoms with Gasteiger partial charge in [0.05, 0.1) is 13.2 Å². The van der Waals surface area contributed by atoms with Crippen LogP contribution in [0.15, 0.2) is 0 Å². The molecular formula is C6H12O3. The van der Waals surface area contributed by atoms with E-state index in [4.69, 9.17) is 14.6 Å². The van der Waals surface area contributed by atoms with Gasteiger partial charge in [-0.3, -0.25) is 0 Å². The number of aliphatic hydroxyl groups is 1. The molecule has 0 unspecified atom stereocenters. The number of rotatable bonds is 1. The first-order valence-electron chi connectivity index (χ1n) is 3.07. The van der Waals surface area contributed by atoms with Gasteiger partial charge < -0.3 is 14.6 Å². The molecule has 0 bridgehead atoms. The van der Waals surface area contributed by atoms with Crippen molar-refractivity contribution in [2.75, 3.05) is 13.2 Å². The molecule has 3 nitrogen and oxygen atoms in total. The molecule has 1 heterocycles. The van der Waals surface area contributed by atoms with E-state index in [0.29, 0.717) is 6.61 Å². The van der Waals surface area contributed by atoms with Crippen molar-refractivity contribution in [2.45, 2.75) is 25.7 Å². The Labute approximate surface area is 54.6 Å². The molecule has 0 aromatic heterocycles. The van der Waals surface area contributed by atoms with Gasteiger partial charge in [0.2, 0.25) is 0 Å². The Morgan fingerprint density at radius 3 is 2.56 bits per heavy atom. The first kappa shape index (κ1) is 6.99. The lowest BCUT2D eigenvalue weighted by Crippen LogP contribution is -2.22. The van der Waals surface area contributed by atoms with Gasteiger partial charge in [-0.2, -0.15) is 0 Å². The molecule has 0 amide bonds. The third-order valence-electron chi connectivity index (χ3n) is 1.27. The van der Waals surface area contributed by atoms with Gasteiger partial charge in [-0.15, -0.1) is 0 Å². The van der Waals surface area contributed by atoms with Crippen molar-refractivity contribution in [3.8, 4) is 0 Å². The topological polar surface area (TPSA) is 38.7 Å². The van der Waals surface area contributed by atoms with E-state index in [1.807, 2.05) is 13.8 Å². The molecule has 3 heteroatoms. The van der Waals surface area contributed by atoms with Crippen LogP contribution in [-0.4, -0.2) is 30.2 Å². The van der Waals surface area contributed by atoms with Crippen LogP contribution in [0.3, 0.4) is 0 Å². The maximum absolute atomic E-state index is 8.59. The second-order valence-electron chi connectivity index (χ2n) is 2.63. The third kappa shape index (κ3) is 1.64. The summed E-state index contributed by atoms with van der Waals surface area (Å²) in [5, 5.41) is 8.59. The standard InChI is InChI=1S/C6H12O3/c1-6(2)8-4-5(3-7)9-6/h5,7H,3-4H2,1-2H3/t5-/m0/s1/i4+1. The zero-order valence-electron chi connectivity index (χ0n) is 5.76. The molecule has 1 atom stereocenters. The summed E-state index contributed by atoms with van der Waals surface area (Å²) in [7, 11) is 0. The number of hydrogen-bond acceptors (Lipinski definition) is 3. The molecule has 0 aromatic carbocycles. The lowest BCUT2D eigenvalue weighted by molar-refractivity contribution is -0.142. The number of hydrogen-bond donors (Lipinski definition) is 1. The Balaban J connectivity index is 2.38. The highest BCUT2D eigenvalue weighted by molar-refractivity contribution is 4.69. The first-order valence-corrected chi connectivity index (χ1v) is 3.07. The van der Waals surface area contributed by atoms with Crippen molar-refractivity contribution in [3.63, 3.8) is 0 Å². The lowest BCUT2D eigenvalue weighted by Gasteiger charge is -2.15. The van der Waals surface area contributed by atoms with Crippen LogP contribution >= 0.6 is 0 Å².